The Morgan fingerprint density at radius 2 is 1.95 bits per heavy atom. The second-order valence-corrected chi connectivity index (χ2v) is 5.85. The number of nitro groups is 1. The molecule has 1 unspecified atom stereocenters. The molecule has 0 radical (unpaired) electrons. The standard InChI is InChI=1S/C15H25N3O3/c1-10(2)5-13(9-16)17-12-6-14(18(19)20)8-15(7-12)21-11(3)4/h6-8,10-11,13,17H,5,9,16H2,1-4H3. The van der Waals surface area contributed by atoms with E-state index in [1.165, 1.54) is 12.1 Å². The maximum Gasteiger partial charge on any atom is 0.275 e. The molecular formula is C15H25N3O3. The summed E-state index contributed by atoms with van der Waals surface area (Å²) in [5.74, 6) is 0.984. The Morgan fingerprint density at radius 3 is 2.43 bits per heavy atom. The van der Waals surface area contributed by atoms with Gasteiger partial charge in [-0.3, -0.25) is 10.1 Å². The lowest BCUT2D eigenvalue weighted by Crippen LogP contribution is -2.30. The quantitative estimate of drug-likeness (QED) is 0.568. The average molecular weight is 295 g/mol. The maximum absolute atomic E-state index is 11.0. The summed E-state index contributed by atoms with van der Waals surface area (Å²) in [6.45, 7) is 8.47. The van der Waals surface area contributed by atoms with Crippen LogP contribution in [0.4, 0.5) is 11.4 Å². The van der Waals surface area contributed by atoms with Crippen molar-refractivity contribution in [2.24, 2.45) is 11.7 Å². The Morgan fingerprint density at radius 1 is 1.29 bits per heavy atom. The van der Waals surface area contributed by atoms with E-state index in [9.17, 15) is 10.1 Å². The number of hydrogen-bond donors (Lipinski definition) is 2. The Balaban J connectivity index is 2.98. The Kier molecular flexibility index (Phi) is 6.42. The van der Waals surface area contributed by atoms with Gasteiger partial charge in [0.05, 0.1) is 17.1 Å². The van der Waals surface area contributed by atoms with Crippen molar-refractivity contribution in [1.29, 1.82) is 0 Å². The molecule has 21 heavy (non-hydrogen) atoms. The van der Waals surface area contributed by atoms with Crippen LogP contribution in [-0.4, -0.2) is 23.6 Å². The zero-order valence-corrected chi connectivity index (χ0v) is 13.1. The second kappa shape index (κ2) is 7.83. The lowest BCUT2D eigenvalue weighted by Gasteiger charge is -2.20. The number of benzene rings is 1. The number of rotatable bonds is 8. The molecule has 6 heteroatoms. The minimum absolute atomic E-state index is 0.0102. The van der Waals surface area contributed by atoms with Gasteiger partial charge in [-0.05, 0) is 26.2 Å². The molecule has 0 heterocycles. The highest BCUT2D eigenvalue weighted by Gasteiger charge is 2.14. The third-order valence-corrected chi connectivity index (χ3v) is 2.89. The molecule has 0 aromatic heterocycles. The SMILES string of the molecule is CC(C)CC(CN)Nc1cc(OC(C)C)cc([N+](=O)[O-])c1. The summed E-state index contributed by atoms with van der Waals surface area (Å²) in [5.41, 5.74) is 6.43. The number of nitrogens with one attached hydrogen (secondary N) is 1. The number of hydrogen-bond acceptors (Lipinski definition) is 5. The van der Waals surface area contributed by atoms with E-state index in [1.807, 2.05) is 13.8 Å². The van der Waals surface area contributed by atoms with Gasteiger partial charge in [0, 0.05) is 30.4 Å². The number of nitrogens with two attached hydrogens (primary N) is 1. The predicted octanol–water partition coefficient (Wildman–Crippen LogP) is 3.17. The fourth-order valence-corrected chi connectivity index (χ4v) is 2.13. The molecular weight excluding hydrogens is 270 g/mol. The van der Waals surface area contributed by atoms with Crippen LogP contribution in [0.1, 0.15) is 34.1 Å². The normalized spacial score (nSPS) is 12.5. The number of ether oxygens (including phenoxy) is 1. The van der Waals surface area contributed by atoms with Crippen LogP contribution in [0.2, 0.25) is 0 Å². The van der Waals surface area contributed by atoms with Gasteiger partial charge >= 0.3 is 0 Å². The largest absolute Gasteiger partial charge is 0.491 e. The maximum atomic E-state index is 11.0. The summed E-state index contributed by atoms with van der Waals surface area (Å²) in [4.78, 5) is 10.6. The molecule has 0 saturated heterocycles. The van der Waals surface area contributed by atoms with Crippen LogP contribution < -0.4 is 15.8 Å². The summed E-state index contributed by atoms with van der Waals surface area (Å²) in [6.07, 6.45) is 0.861. The van der Waals surface area contributed by atoms with Crippen LogP contribution in [0.15, 0.2) is 18.2 Å². The van der Waals surface area contributed by atoms with E-state index in [1.54, 1.807) is 6.07 Å². The molecule has 0 aliphatic heterocycles. The highest BCUT2D eigenvalue weighted by molar-refractivity contribution is 5.57. The van der Waals surface area contributed by atoms with Crippen molar-refractivity contribution < 1.29 is 9.66 Å². The molecule has 118 valence electrons. The molecule has 0 fully saturated rings. The summed E-state index contributed by atoms with van der Waals surface area (Å²) in [6, 6.07) is 4.80. The average Bonchev–Trinajstić information content (AvgIpc) is 2.36. The first kappa shape index (κ1) is 17.2. The van der Waals surface area contributed by atoms with Gasteiger partial charge in [-0.15, -0.1) is 0 Å². The van der Waals surface area contributed by atoms with Gasteiger partial charge < -0.3 is 15.8 Å². The zero-order chi connectivity index (χ0) is 16.0. The highest BCUT2D eigenvalue weighted by atomic mass is 16.6. The second-order valence-electron chi connectivity index (χ2n) is 5.85. The van der Waals surface area contributed by atoms with E-state index in [4.69, 9.17) is 10.5 Å². The number of anilines is 1. The summed E-state index contributed by atoms with van der Waals surface area (Å²) in [5, 5.41) is 14.3. The molecule has 0 aliphatic rings. The molecule has 0 aliphatic carbocycles. The van der Waals surface area contributed by atoms with Crippen LogP contribution in [0.25, 0.3) is 0 Å². The van der Waals surface area contributed by atoms with Crippen LogP contribution in [0.5, 0.6) is 5.75 Å². The molecule has 1 atom stereocenters. The van der Waals surface area contributed by atoms with Gasteiger partial charge in [-0.1, -0.05) is 13.8 Å². The zero-order valence-electron chi connectivity index (χ0n) is 13.1. The highest BCUT2D eigenvalue weighted by Crippen LogP contribution is 2.27. The van der Waals surface area contributed by atoms with E-state index in [0.29, 0.717) is 23.9 Å². The van der Waals surface area contributed by atoms with Crippen molar-refractivity contribution >= 4 is 11.4 Å². The first-order valence-corrected chi connectivity index (χ1v) is 7.24. The monoisotopic (exact) mass is 295 g/mol. The molecule has 0 spiro atoms. The number of non-ortho nitro benzene ring substituents is 1. The molecule has 6 nitrogen and oxygen atoms in total. The molecule has 1 aromatic rings. The number of nitrogens with zero attached hydrogens (tertiary/aromatic N) is 1. The van der Waals surface area contributed by atoms with E-state index < -0.39 is 4.92 Å². The molecule has 0 amide bonds. The lowest BCUT2D eigenvalue weighted by atomic mass is 10.0. The minimum Gasteiger partial charge on any atom is -0.491 e. The Hall–Kier alpha value is -1.82. The van der Waals surface area contributed by atoms with Crippen molar-refractivity contribution in [1.82, 2.24) is 0 Å². The van der Waals surface area contributed by atoms with Crippen molar-refractivity contribution in [3.05, 3.63) is 28.3 Å². The van der Waals surface area contributed by atoms with E-state index >= 15 is 0 Å². The van der Waals surface area contributed by atoms with Gasteiger partial charge in [-0.2, -0.15) is 0 Å². The Bertz CT molecular complexity index is 475. The van der Waals surface area contributed by atoms with Gasteiger partial charge in [-0.25, -0.2) is 0 Å². The van der Waals surface area contributed by atoms with Crippen LogP contribution in [0, 0.1) is 16.0 Å². The summed E-state index contributed by atoms with van der Waals surface area (Å²) >= 11 is 0. The molecule has 0 saturated carbocycles. The van der Waals surface area contributed by atoms with Crippen molar-refractivity contribution in [3.8, 4) is 5.75 Å². The van der Waals surface area contributed by atoms with Gasteiger partial charge in [0.2, 0.25) is 0 Å². The molecule has 0 bridgehead atoms. The lowest BCUT2D eigenvalue weighted by molar-refractivity contribution is -0.384. The van der Waals surface area contributed by atoms with Gasteiger partial charge in [0.15, 0.2) is 0 Å². The van der Waals surface area contributed by atoms with E-state index in [0.717, 1.165) is 6.42 Å². The van der Waals surface area contributed by atoms with Gasteiger partial charge in [0.25, 0.3) is 5.69 Å². The van der Waals surface area contributed by atoms with Crippen LogP contribution in [-0.2, 0) is 0 Å². The van der Waals surface area contributed by atoms with Crippen LogP contribution >= 0.6 is 0 Å². The topological polar surface area (TPSA) is 90.4 Å². The minimum atomic E-state index is -0.418. The smallest absolute Gasteiger partial charge is 0.275 e. The molecule has 1 rings (SSSR count). The van der Waals surface area contributed by atoms with Gasteiger partial charge in [0.1, 0.15) is 5.75 Å². The third-order valence-electron chi connectivity index (χ3n) is 2.89. The van der Waals surface area contributed by atoms with Crippen molar-refractivity contribution in [2.75, 3.05) is 11.9 Å². The first-order valence-electron chi connectivity index (χ1n) is 7.24. The Labute approximate surface area is 125 Å². The fraction of sp³-hybridized carbons (Fsp3) is 0.600. The van der Waals surface area contributed by atoms with Crippen LogP contribution in [0.3, 0.4) is 0 Å². The van der Waals surface area contributed by atoms with Crippen molar-refractivity contribution in [3.63, 3.8) is 0 Å². The molecule has 3 N–H and O–H groups in total. The summed E-state index contributed by atoms with van der Waals surface area (Å²) in [7, 11) is 0. The van der Waals surface area contributed by atoms with E-state index in [-0.39, 0.29) is 17.8 Å². The van der Waals surface area contributed by atoms with Crippen molar-refractivity contribution in [2.45, 2.75) is 46.3 Å². The number of nitro benzene ring substituents is 1. The third kappa shape index (κ3) is 5.99. The summed E-state index contributed by atoms with van der Waals surface area (Å²) < 4.78 is 5.57. The fourth-order valence-electron chi connectivity index (χ4n) is 2.13. The predicted molar refractivity (Wildman–Crippen MR) is 84.8 cm³/mol. The van der Waals surface area contributed by atoms with E-state index in [2.05, 4.69) is 19.2 Å². The first-order chi connectivity index (χ1) is 9.81. The molecule has 1 aromatic carbocycles.